The second-order valence-electron chi connectivity index (χ2n) is 4.66. The maximum Gasteiger partial charge on any atom is 0.254 e. The van der Waals surface area contributed by atoms with Crippen LogP contribution in [-0.2, 0) is 6.54 Å². The van der Waals surface area contributed by atoms with Crippen molar-refractivity contribution in [2.75, 3.05) is 0 Å². The Morgan fingerprint density at radius 2 is 2.10 bits per heavy atom. The Labute approximate surface area is 120 Å². The number of hydrogen-bond acceptors (Lipinski definition) is 3. The summed E-state index contributed by atoms with van der Waals surface area (Å²) in [4.78, 5) is 12.0. The lowest BCUT2D eigenvalue weighted by atomic mass is 10.1. The van der Waals surface area contributed by atoms with Gasteiger partial charge in [0.2, 0.25) is 0 Å². The molecule has 0 radical (unpaired) electrons. The third-order valence-corrected chi connectivity index (χ3v) is 3.23. The van der Waals surface area contributed by atoms with E-state index >= 15 is 0 Å². The van der Waals surface area contributed by atoms with Gasteiger partial charge >= 0.3 is 0 Å². The number of nitrogens with zero attached hydrogens (tertiary/aromatic N) is 3. The highest BCUT2D eigenvalue weighted by molar-refractivity contribution is 5.94. The molecule has 2 heterocycles. The summed E-state index contributed by atoms with van der Waals surface area (Å²) in [5.41, 5.74) is 1.17. The van der Waals surface area contributed by atoms with Crippen LogP contribution in [0.3, 0.4) is 0 Å². The van der Waals surface area contributed by atoms with Gasteiger partial charge < -0.3 is 5.32 Å². The van der Waals surface area contributed by atoms with E-state index in [1.807, 2.05) is 24.4 Å². The van der Waals surface area contributed by atoms with Crippen LogP contribution in [-0.4, -0.2) is 20.5 Å². The second kappa shape index (κ2) is 5.32. The number of aromatic nitrogens is 3. The van der Waals surface area contributed by atoms with Crippen molar-refractivity contribution in [3.05, 3.63) is 65.4 Å². The van der Waals surface area contributed by atoms with E-state index in [9.17, 15) is 9.18 Å². The van der Waals surface area contributed by atoms with Crippen LogP contribution >= 0.6 is 0 Å². The Kier molecular flexibility index (Phi) is 3.35. The Balaban J connectivity index is 1.78. The SMILES string of the molecule is Cc1cccc(C(=O)NCc2nnc3ccccn23)c1F. The van der Waals surface area contributed by atoms with Crippen LogP contribution in [0.15, 0.2) is 42.6 Å². The minimum atomic E-state index is -0.499. The fraction of sp³-hybridized carbons (Fsp3) is 0.133. The topological polar surface area (TPSA) is 59.3 Å². The van der Waals surface area contributed by atoms with E-state index in [0.29, 0.717) is 17.0 Å². The third kappa shape index (κ3) is 2.47. The quantitative estimate of drug-likeness (QED) is 0.801. The molecule has 0 aliphatic heterocycles. The van der Waals surface area contributed by atoms with Crippen molar-refractivity contribution in [2.24, 2.45) is 0 Å². The summed E-state index contributed by atoms with van der Waals surface area (Å²) in [7, 11) is 0. The summed E-state index contributed by atoms with van der Waals surface area (Å²) in [5, 5.41) is 10.7. The number of rotatable bonds is 3. The fourth-order valence-electron chi connectivity index (χ4n) is 2.09. The lowest BCUT2D eigenvalue weighted by Crippen LogP contribution is -2.25. The lowest BCUT2D eigenvalue weighted by molar-refractivity contribution is 0.0945. The zero-order valence-electron chi connectivity index (χ0n) is 11.4. The van der Waals surface area contributed by atoms with Crippen LogP contribution in [0.2, 0.25) is 0 Å². The zero-order chi connectivity index (χ0) is 14.8. The normalized spacial score (nSPS) is 10.8. The first-order valence-electron chi connectivity index (χ1n) is 6.49. The zero-order valence-corrected chi connectivity index (χ0v) is 11.4. The number of halogens is 1. The van der Waals surface area contributed by atoms with E-state index in [4.69, 9.17) is 0 Å². The fourth-order valence-corrected chi connectivity index (χ4v) is 2.09. The summed E-state index contributed by atoms with van der Waals surface area (Å²) < 4.78 is 15.6. The number of carbonyl (C=O) groups is 1. The average Bonchev–Trinajstić information content (AvgIpc) is 2.91. The molecule has 0 aliphatic rings. The van der Waals surface area contributed by atoms with E-state index in [1.54, 1.807) is 23.5 Å². The molecule has 0 aliphatic carbocycles. The van der Waals surface area contributed by atoms with Gasteiger partial charge in [-0.1, -0.05) is 18.2 Å². The summed E-state index contributed by atoms with van der Waals surface area (Å²) in [6, 6.07) is 10.3. The first kappa shape index (κ1) is 13.2. The highest BCUT2D eigenvalue weighted by Gasteiger charge is 2.14. The van der Waals surface area contributed by atoms with Crippen LogP contribution in [0, 0.1) is 12.7 Å². The molecular formula is C15H13FN4O. The Hall–Kier alpha value is -2.76. The molecule has 0 fully saturated rings. The molecule has 0 atom stereocenters. The van der Waals surface area contributed by atoms with Crippen molar-refractivity contribution >= 4 is 11.6 Å². The number of pyridine rings is 1. The Morgan fingerprint density at radius 3 is 2.95 bits per heavy atom. The van der Waals surface area contributed by atoms with Crippen molar-refractivity contribution in [3.8, 4) is 0 Å². The van der Waals surface area contributed by atoms with Crippen molar-refractivity contribution in [2.45, 2.75) is 13.5 Å². The molecule has 1 N–H and O–H groups in total. The van der Waals surface area contributed by atoms with E-state index in [-0.39, 0.29) is 12.1 Å². The van der Waals surface area contributed by atoms with Crippen LogP contribution in [0.25, 0.3) is 5.65 Å². The predicted molar refractivity (Wildman–Crippen MR) is 75.3 cm³/mol. The van der Waals surface area contributed by atoms with Gasteiger partial charge in [-0.3, -0.25) is 9.20 Å². The number of carbonyl (C=O) groups excluding carboxylic acids is 1. The number of amides is 1. The second-order valence-corrected chi connectivity index (χ2v) is 4.66. The van der Waals surface area contributed by atoms with Gasteiger partial charge in [-0.25, -0.2) is 4.39 Å². The predicted octanol–water partition coefficient (Wildman–Crippen LogP) is 2.11. The molecule has 0 spiro atoms. The summed E-state index contributed by atoms with van der Waals surface area (Å²) in [6.07, 6.45) is 1.81. The highest BCUT2D eigenvalue weighted by atomic mass is 19.1. The number of aryl methyl sites for hydroxylation is 1. The maximum atomic E-state index is 13.9. The summed E-state index contributed by atoms with van der Waals surface area (Å²) in [5.74, 6) is -0.378. The number of hydrogen-bond donors (Lipinski definition) is 1. The van der Waals surface area contributed by atoms with Crippen LogP contribution in [0.5, 0.6) is 0 Å². The largest absolute Gasteiger partial charge is 0.345 e. The molecule has 1 aromatic carbocycles. The first-order valence-corrected chi connectivity index (χ1v) is 6.49. The molecule has 0 saturated heterocycles. The number of nitrogens with one attached hydrogen (secondary N) is 1. The Bertz CT molecular complexity index is 812. The number of fused-ring (bicyclic) bond motifs is 1. The van der Waals surface area contributed by atoms with Crippen LogP contribution < -0.4 is 5.32 Å². The van der Waals surface area contributed by atoms with Gasteiger partial charge in [-0.2, -0.15) is 0 Å². The Morgan fingerprint density at radius 1 is 1.24 bits per heavy atom. The maximum absolute atomic E-state index is 13.9. The highest BCUT2D eigenvalue weighted by Crippen LogP contribution is 2.12. The van der Waals surface area contributed by atoms with Gasteiger partial charge in [0.15, 0.2) is 11.5 Å². The molecule has 3 rings (SSSR count). The minimum Gasteiger partial charge on any atom is -0.345 e. The average molecular weight is 284 g/mol. The van der Waals surface area contributed by atoms with Gasteiger partial charge in [0.25, 0.3) is 5.91 Å². The van der Waals surface area contributed by atoms with Crippen molar-refractivity contribution in [1.29, 1.82) is 0 Å². The standard InChI is InChI=1S/C15H13FN4O/c1-10-5-4-6-11(14(10)16)15(21)17-9-13-19-18-12-7-2-3-8-20(12)13/h2-8H,9H2,1H3,(H,17,21). The molecule has 106 valence electrons. The van der Waals surface area contributed by atoms with E-state index in [2.05, 4.69) is 15.5 Å². The first-order chi connectivity index (χ1) is 10.2. The lowest BCUT2D eigenvalue weighted by Gasteiger charge is -2.06. The van der Waals surface area contributed by atoms with Crippen LogP contribution in [0.1, 0.15) is 21.7 Å². The van der Waals surface area contributed by atoms with Gasteiger partial charge in [0.1, 0.15) is 5.82 Å². The van der Waals surface area contributed by atoms with E-state index in [0.717, 1.165) is 0 Å². The third-order valence-electron chi connectivity index (χ3n) is 3.23. The van der Waals surface area contributed by atoms with E-state index < -0.39 is 11.7 Å². The van der Waals surface area contributed by atoms with Gasteiger partial charge in [0.05, 0.1) is 12.1 Å². The molecule has 5 nitrogen and oxygen atoms in total. The van der Waals surface area contributed by atoms with Gasteiger partial charge in [0, 0.05) is 6.20 Å². The molecule has 2 aromatic heterocycles. The summed E-state index contributed by atoms with van der Waals surface area (Å²) >= 11 is 0. The van der Waals surface area contributed by atoms with Gasteiger partial charge in [-0.15, -0.1) is 10.2 Å². The monoisotopic (exact) mass is 284 g/mol. The molecule has 1 amide bonds. The molecule has 0 unspecified atom stereocenters. The van der Waals surface area contributed by atoms with Crippen molar-refractivity contribution in [3.63, 3.8) is 0 Å². The summed E-state index contributed by atoms with van der Waals surface area (Å²) in [6.45, 7) is 1.80. The minimum absolute atomic E-state index is 0.0313. The molecule has 21 heavy (non-hydrogen) atoms. The van der Waals surface area contributed by atoms with E-state index in [1.165, 1.54) is 6.07 Å². The van der Waals surface area contributed by atoms with Gasteiger partial charge in [-0.05, 0) is 30.7 Å². The smallest absolute Gasteiger partial charge is 0.254 e. The molecule has 3 aromatic rings. The molecular weight excluding hydrogens is 271 g/mol. The number of benzene rings is 1. The molecule has 6 heteroatoms. The molecule has 0 saturated carbocycles. The van der Waals surface area contributed by atoms with Crippen LogP contribution in [0.4, 0.5) is 4.39 Å². The van der Waals surface area contributed by atoms with Crippen molar-refractivity contribution in [1.82, 2.24) is 19.9 Å². The molecule has 0 bridgehead atoms. The van der Waals surface area contributed by atoms with Crippen molar-refractivity contribution < 1.29 is 9.18 Å².